The van der Waals surface area contributed by atoms with Crippen molar-refractivity contribution in [3.63, 3.8) is 0 Å². The first-order valence-corrected chi connectivity index (χ1v) is 8.14. The van der Waals surface area contributed by atoms with Gasteiger partial charge in [0.05, 0.1) is 16.1 Å². The maximum Gasteiger partial charge on any atom is 0.338 e. The van der Waals surface area contributed by atoms with Crippen molar-refractivity contribution in [3.05, 3.63) is 52.2 Å². The van der Waals surface area contributed by atoms with Crippen LogP contribution < -0.4 is 4.90 Å². The number of carbonyl (C=O) groups is 4. The number of ketones is 1. The number of nitrogens with zero attached hydrogens (tertiary/aromatic N) is 1. The van der Waals surface area contributed by atoms with Crippen LogP contribution in [0.25, 0.3) is 0 Å². The molecule has 0 atom stereocenters. The smallest absolute Gasteiger partial charge is 0.338 e. The first-order valence-electron chi connectivity index (χ1n) is 7.26. The predicted molar refractivity (Wildman–Crippen MR) is 87.1 cm³/mol. The Morgan fingerprint density at radius 3 is 2.29 bits per heavy atom. The molecule has 0 bridgehead atoms. The number of carbonyl (C=O) groups excluding carboxylic acids is 4. The summed E-state index contributed by atoms with van der Waals surface area (Å²) in [7, 11) is 0. The Labute approximate surface area is 141 Å². The standard InChI is InChI=1S/C17H13NO5S/c19-13(14-2-1-9-24-14)10-23-17(22)11-3-5-12(6-4-11)18-15(20)7-8-16(18)21/h1-6,9H,7-8,10H2. The third kappa shape index (κ3) is 3.26. The minimum absolute atomic E-state index is 0.202. The molecule has 1 saturated heterocycles. The minimum Gasteiger partial charge on any atom is -0.454 e. The Balaban J connectivity index is 1.63. The molecule has 0 N–H and O–H groups in total. The fourth-order valence-electron chi connectivity index (χ4n) is 2.33. The molecule has 1 aromatic carbocycles. The van der Waals surface area contributed by atoms with Crippen LogP contribution in [0, 0.1) is 0 Å². The van der Waals surface area contributed by atoms with Crippen LogP contribution in [0.5, 0.6) is 0 Å². The van der Waals surface area contributed by atoms with Crippen molar-refractivity contribution in [2.45, 2.75) is 12.8 Å². The number of ether oxygens (including phenoxy) is 1. The average molecular weight is 343 g/mol. The number of anilines is 1. The highest BCUT2D eigenvalue weighted by Crippen LogP contribution is 2.23. The molecule has 0 unspecified atom stereocenters. The van der Waals surface area contributed by atoms with E-state index in [1.165, 1.54) is 35.6 Å². The van der Waals surface area contributed by atoms with Gasteiger partial charge in [-0.25, -0.2) is 4.79 Å². The number of thiophene rings is 1. The van der Waals surface area contributed by atoms with Gasteiger partial charge in [0.25, 0.3) is 0 Å². The van der Waals surface area contributed by atoms with E-state index >= 15 is 0 Å². The molecular formula is C17H13NO5S. The van der Waals surface area contributed by atoms with Gasteiger partial charge in [0.15, 0.2) is 6.61 Å². The monoisotopic (exact) mass is 343 g/mol. The highest BCUT2D eigenvalue weighted by molar-refractivity contribution is 7.12. The van der Waals surface area contributed by atoms with E-state index in [2.05, 4.69) is 0 Å². The van der Waals surface area contributed by atoms with Gasteiger partial charge >= 0.3 is 5.97 Å². The lowest BCUT2D eigenvalue weighted by Crippen LogP contribution is -2.28. The number of rotatable bonds is 5. The molecule has 0 spiro atoms. The van der Waals surface area contributed by atoms with Gasteiger partial charge in [-0.2, -0.15) is 0 Å². The summed E-state index contributed by atoms with van der Waals surface area (Å²) >= 11 is 1.28. The van der Waals surface area contributed by atoms with Crippen LogP contribution in [0.4, 0.5) is 5.69 Å². The number of esters is 1. The Morgan fingerprint density at radius 1 is 1.04 bits per heavy atom. The summed E-state index contributed by atoms with van der Waals surface area (Å²) in [4.78, 5) is 48.7. The lowest BCUT2D eigenvalue weighted by molar-refractivity contribution is -0.121. The first-order chi connectivity index (χ1) is 11.6. The predicted octanol–water partition coefficient (Wildman–Crippen LogP) is 2.44. The lowest BCUT2D eigenvalue weighted by Gasteiger charge is -2.13. The molecule has 2 heterocycles. The van der Waals surface area contributed by atoms with Crippen molar-refractivity contribution in [1.82, 2.24) is 0 Å². The third-order valence-corrected chi connectivity index (χ3v) is 4.45. The van der Waals surface area contributed by atoms with Crippen LogP contribution in [0.15, 0.2) is 41.8 Å². The van der Waals surface area contributed by atoms with Gasteiger partial charge in [-0.1, -0.05) is 6.07 Å². The molecule has 0 aliphatic carbocycles. The molecule has 2 amide bonds. The second kappa shape index (κ2) is 6.76. The zero-order valence-electron chi connectivity index (χ0n) is 12.6. The quantitative estimate of drug-likeness (QED) is 0.473. The van der Waals surface area contributed by atoms with Crippen LogP contribution in [-0.2, 0) is 14.3 Å². The Bertz CT molecular complexity index is 779. The number of imide groups is 1. The van der Waals surface area contributed by atoms with Crippen LogP contribution in [0.3, 0.4) is 0 Å². The number of hydrogen-bond acceptors (Lipinski definition) is 6. The van der Waals surface area contributed by atoms with Crippen molar-refractivity contribution in [2.24, 2.45) is 0 Å². The fraction of sp³-hybridized carbons (Fsp3) is 0.176. The van der Waals surface area contributed by atoms with E-state index in [-0.39, 0.29) is 42.6 Å². The zero-order chi connectivity index (χ0) is 17.1. The molecule has 3 rings (SSSR count). The molecule has 122 valence electrons. The maximum absolute atomic E-state index is 12.0. The van der Waals surface area contributed by atoms with Crippen molar-refractivity contribution >= 4 is 40.6 Å². The molecule has 0 saturated carbocycles. The highest BCUT2D eigenvalue weighted by atomic mass is 32.1. The molecule has 2 aromatic rings. The van der Waals surface area contributed by atoms with Gasteiger partial charge < -0.3 is 4.74 Å². The normalized spacial score (nSPS) is 14.1. The summed E-state index contributed by atoms with van der Waals surface area (Å²) in [5, 5.41) is 1.77. The summed E-state index contributed by atoms with van der Waals surface area (Å²) in [6, 6.07) is 9.37. The largest absolute Gasteiger partial charge is 0.454 e. The molecule has 1 aromatic heterocycles. The fourth-order valence-corrected chi connectivity index (χ4v) is 2.99. The molecular weight excluding hydrogens is 330 g/mol. The van der Waals surface area contributed by atoms with Crippen molar-refractivity contribution in [3.8, 4) is 0 Å². The van der Waals surface area contributed by atoms with Crippen molar-refractivity contribution in [1.29, 1.82) is 0 Å². The summed E-state index contributed by atoms with van der Waals surface area (Å²) < 4.78 is 4.99. The molecule has 1 fully saturated rings. The van der Waals surface area contributed by atoms with E-state index < -0.39 is 5.97 Å². The van der Waals surface area contributed by atoms with Crippen LogP contribution in [-0.4, -0.2) is 30.2 Å². The minimum atomic E-state index is -0.634. The second-order valence-corrected chi connectivity index (χ2v) is 6.09. The van der Waals surface area contributed by atoms with Gasteiger partial charge in [-0.3, -0.25) is 19.3 Å². The van der Waals surface area contributed by atoms with Crippen molar-refractivity contribution < 1.29 is 23.9 Å². The molecule has 0 radical (unpaired) electrons. The van der Waals surface area contributed by atoms with Gasteiger partial charge in [-0.15, -0.1) is 11.3 Å². The van der Waals surface area contributed by atoms with Gasteiger partial charge in [-0.05, 0) is 35.7 Å². The molecule has 24 heavy (non-hydrogen) atoms. The number of amides is 2. The van der Waals surface area contributed by atoms with Crippen LogP contribution in [0.2, 0.25) is 0 Å². The summed E-state index contributed by atoms with van der Waals surface area (Å²) in [6.07, 6.45) is 0.404. The summed E-state index contributed by atoms with van der Waals surface area (Å²) in [5.74, 6) is -1.40. The molecule has 6 nitrogen and oxygen atoms in total. The van der Waals surface area contributed by atoms with E-state index in [1.807, 2.05) is 0 Å². The third-order valence-electron chi connectivity index (χ3n) is 3.54. The van der Waals surface area contributed by atoms with E-state index in [1.54, 1.807) is 17.5 Å². The average Bonchev–Trinajstić information content (AvgIpc) is 3.23. The van der Waals surface area contributed by atoms with E-state index in [0.29, 0.717) is 10.6 Å². The molecule has 7 heteroatoms. The van der Waals surface area contributed by atoms with Gasteiger partial charge in [0.2, 0.25) is 17.6 Å². The van der Waals surface area contributed by atoms with Gasteiger partial charge in [0, 0.05) is 12.8 Å². The Hall–Kier alpha value is -2.80. The Morgan fingerprint density at radius 2 is 1.71 bits per heavy atom. The second-order valence-electron chi connectivity index (χ2n) is 5.15. The highest BCUT2D eigenvalue weighted by Gasteiger charge is 2.30. The SMILES string of the molecule is O=C(OCC(=O)c1cccs1)c1ccc(N2C(=O)CCC2=O)cc1. The Kier molecular flexibility index (Phi) is 4.52. The maximum atomic E-state index is 12.0. The summed E-state index contributed by atoms with van der Waals surface area (Å²) in [6.45, 7) is -0.329. The topological polar surface area (TPSA) is 80.8 Å². The summed E-state index contributed by atoms with van der Waals surface area (Å²) in [5.41, 5.74) is 0.672. The number of benzene rings is 1. The zero-order valence-corrected chi connectivity index (χ0v) is 13.4. The van der Waals surface area contributed by atoms with Gasteiger partial charge in [0.1, 0.15) is 0 Å². The molecule has 1 aliphatic rings. The van der Waals surface area contributed by atoms with Crippen LogP contribution in [0.1, 0.15) is 32.9 Å². The number of Topliss-reactive ketones (excluding diaryl/α,β-unsaturated/α-hetero) is 1. The van der Waals surface area contributed by atoms with E-state index in [4.69, 9.17) is 4.74 Å². The van der Waals surface area contributed by atoms with E-state index in [0.717, 1.165) is 4.90 Å². The lowest BCUT2D eigenvalue weighted by atomic mass is 10.2. The van der Waals surface area contributed by atoms with E-state index in [9.17, 15) is 19.2 Å². The molecule has 1 aliphatic heterocycles. The first kappa shape index (κ1) is 16.1. The van der Waals surface area contributed by atoms with Crippen molar-refractivity contribution in [2.75, 3.05) is 11.5 Å². The number of hydrogen-bond donors (Lipinski definition) is 0. The van der Waals surface area contributed by atoms with Crippen LogP contribution >= 0.6 is 11.3 Å².